The van der Waals surface area contributed by atoms with Crippen molar-refractivity contribution in [1.29, 1.82) is 0 Å². The second kappa shape index (κ2) is 5.58. The summed E-state index contributed by atoms with van der Waals surface area (Å²) in [6.07, 6.45) is 1.00. The molecule has 0 fully saturated rings. The van der Waals surface area contributed by atoms with E-state index in [-0.39, 0.29) is 6.10 Å². The van der Waals surface area contributed by atoms with Crippen molar-refractivity contribution in [1.82, 2.24) is 0 Å². The molecule has 0 radical (unpaired) electrons. The van der Waals surface area contributed by atoms with E-state index in [2.05, 4.69) is 36.4 Å². The summed E-state index contributed by atoms with van der Waals surface area (Å²) in [5.74, 6) is 0. The second-order valence-corrected chi connectivity index (χ2v) is 6.06. The summed E-state index contributed by atoms with van der Waals surface area (Å²) < 4.78 is 5.93. The van der Waals surface area contributed by atoms with Crippen molar-refractivity contribution in [2.24, 2.45) is 0 Å². The Morgan fingerprint density at radius 3 is 2.89 bits per heavy atom. The number of rotatable bonds is 2. The van der Waals surface area contributed by atoms with Gasteiger partial charge in [-0.2, -0.15) is 0 Å². The fourth-order valence-electron chi connectivity index (χ4n) is 2.42. The van der Waals surface area contributed by atoms with Crippen LogP contribution in [0.4, 0.5) is 0 Å². The predicted octanol–water partition coefficient (Wildman–Crippen LogP) is 5.12. The zero-order valence-electron chi connectivity index (χ0n) is 10.7. The minimum atomic E-state index is 0.119. The smallest absolute Gasteiger partial charge is 0.0876 e. The lowest BCUT2D eigenvalue weighted by Gasteiger charge is -2.17. The first-order chi connectivity index (χ1) is 9.28. The first kappa shape index (κ1) is 13.0. The second-order valence-electron chi connectivity index (χ2n) is 4.54. The zero-order chi connectivity index (χ0) is 13.2. The van der Waals surface area contributed by atoms with Crippen LogP contribution in [0.2, 0.25) is 5.02 Å². The van der Waals surface area contributed by atoms with Crippen molar-refractivity contribution in [2.45, 2.75) is 29.2 Å². The minimum absolute atomic E-state index is 0.119. The SMILES string of the molecule is CCO[C@H]1Cc2cc(Cl)ccc2Sc2ccccc21. The molecule has 0 N–H and O–H groups in total. The molecule has 3 heteroatoms. The van der Waals surface area contributed by atoms with E-state index in [0.29, 0.717) is 0 Å². The number of hydrogen-bond donors (Lipinski definition) is 0. The lowest BCUT2D eigenvalue weighted by molar-refractivity contribution is 0.0610. The van der Waals surface area contributed by atoms with E-state index < -0.39 is 0 Å². The summed E-state index contributed by atoms with van der Waals surface area (Å²) in [6, 6.07) is 14.6. The van der Waals surface area contributed by atoms with Gasteiger partial charge in [0, 0.05) is 27.8 Å². The monoisotopic (exact) mass is 290 g/mol. The van der Waals surface area contributed by atoms with Crippen LogP contribution >= 0.6 is 23.4 Å². The molecule has 0 unspecified atom stereocenters. The molecule has 0 saturated carbocycles. The highest BCUT2D eigenvalue weighted by atomic mass is 35.5. The number of halogens is 1. The van der Waals surface area contributed by atoms with Crippen molar-refractivity contribution < 1.29 is 4.74 Å². The van der Waals surface area contributed by atoms with Gasteiger partial charge < -0.3 is 4.74 Å². The molecule has 1 atom stereocenters. The Bertz CT molecular complexity index is 597. The Morgan fingerprint density at radius 2 is 2.05 bits per heavy atom. The number of fused-ring (bicyclic) bond motifs is 2. The van der Waals surface area contributed by atoms with Crippen LogP contribution in [0.5, 0.6) is 0 Å². The summed E-state index contributed by atoms with van der Waals surface area (Å²) in [6.45, 7) is 2.76. The van der Waals surface area contributed by atoms with E-state index in [1.165, 1.54) is 20.9 Å². The van der Waals surface area contributed by atoms with Gasteiger partial charge in [-0.15, -0.1) is 0 Å². The average molecular weight is 291 g/mol. The van der Waals surface area contributed by atoms with Gasteiger partial charge in [-0.25, -0.2) is 0 Å². The molecule has 1 aliphatic heterocycles. The van der Waals surface area contributed by atoms with E-state index in [1.807, 2.05) is 13.0 Å². The molecule has 1 heterocycles. The maximum atomic E-state index is 6.12. The molecule has 2 aromatic rings. The van der Waals surface area contributed by atoms with Crippen molar-refractivity contribution >= 4 is 23.4 Å². The third-order valence-electron chi connectivity index (χ3n) is 3.28. The molecule has 19 heavy (non-hydrogen) atoms. The third kappa shape index (κ3) is 2.66. The first-order valence-electron chi connectivity index (χ1n) is 6.44. The van der Waals surface area contributed by atoms with Crippen LogP contribution in [0.15, 0.2) is 52.3 Å². The molecule has 1 aliphatic rings. The number of hydrogen-bond acceptors (Lipinski definition) is 2. The molecular formula is C16H15ClOS. The Kier molecular flexibility index (Phi) is 3.83. The van der Waals surface area contributed by atoms with Crippen LogP contribution in [-0.2, 0) is 11.2 Å². The summed E-state index contributed by atoms with van der Waals surface area (Å²) in [5, 5.41) is 0.792. The van der Waals surface area contributed by atoms with Crippen molar-refractivity contribution in [3.05, 3.63) is 58.6 Å². The molecule has 0 bridgehead atoms. The molecule has 0 aromatic heterocycles. The fraction of sp³-hybridized carbons (Fsp3) is 0.250. The first-order valence-corrected chi connectivity index (χ1v) is 7.64. The highest BCUT2D eigenvalue weighted by molar-refractivity contribution is 7.99. The predicted molar refractivity (Wildman–Crippen MR) is 80.1 cm³/mol. The van der Waals surface area contributed by atoms with E-state index in [1.54, 1.807) is 11.8 Å². The van der Waals surface area contributed by atoms with Gasteiger partial charge in [-0.3, -0.25) is 0 Å². The van der Waals surface area contributed by atoms with Gasteiger partial charge in [-0.05, 0) is 42.3 Å². The quantitative estimate of drug-likeness (QED) is 0.759. The molecule has 0 aliphatic carbocycles. The molecule has 0 amide bonds. The Morgan fingerprint density at radius 1 is 1.21 bits per heavy atom. The summed E-state index contributed by atoms with van der Waals surface area (Å²) in [5.41, 5.74) is 2.55. The molecule has 1 nitrogen and oxygen atoms in total. The zero-order valence-corrected chi connectivity index (χ0v) is 12.3. The van der Waals surface area contributed by atoms with Gasteiger partial charge in [0.2, 0.25) is 0 Å². The molecule has 0 spiro atoms. The van der Waals surface area contributed by atoms with Crippen LogP contribution in [0.3, 0.4) is 0 Å². The van der Waals surface area contributed by atoms with Crippen molar-refractivity contribution in [2.75, 3.05) is 6.61 Å². The van der Waals surface area contributed by atoms with Gasteiger partial charge in [0.1, 0.15) is 0 Å². The van der Waals surface area contributed by atoms with Crippen LogP contribution in [0.25, 0.3) is 0 Å². The molecule has 2 aromatic carbocycles. The maximum absolute atomic E-state index is 6.12. The number of ether oxygens (including phenoxy) is 1. The highest BCUT2D eigenvalue weighted by Gasteiger charge is 2.22. The van der Waals surface area contributed by atoms with Crippen molar-refractivity contribution in [3.63, 3.8) is 0 Å². The normalized spacial score (nSPS) is 17.5. The molecular weight excluding hydrogens is 276 g/mol. The topological polar surface area (TPSA) is 9.23 Å². The largest absolute Gasteiger partial charge is 0.373 e. The van der Waals surface area contributed by atoms with Crippen molar-refractivity contribution in [3.8, 4) is 0 Å². The van der Waals surface area contributed by atoms with Gasteiger partial charge >= 0.3 is 0 Å². The summed E-state index contributed by atoms with van der Waals surface area (Å²) in [4.78, 5) is 2.56. The van der Waals surface area contributed by atoms with Gasteiger partial charge in [0.25, 0.3) is 0 Å². The summed E-state index contributed by atoms with van der Waals surface area (Å²) in [7, 11) is 0. The lowest BCUT2D eigenvalue weighted by Crippen LogP contribution is -2.07. The standard InChI is InChI=1S/C16H15ClOS/c1-2-18-14-10-11-9-12(17)7-8-15(11)19-16-6-4-3-5-13(14)16/h3-9,14H,2,10H2,1H3/t14-/m0/s1. The van der Waals surface area contributed by atoms with Crippen LogP contribution in [-0.4, -0.2) is 6.61 Å². The van der Waals surface area contributed by atoms with Gasteiger partial charge in [0.15, 0.2) is 0 Å². The van der Waals surface area contributed by atoms with Crippen LogP contribution in [0.1, 0.15) is 24.2 Å². The van der Waals surface area contributed by atoms with Gasteiger partial charge in [-0.1, -0.05) is 41.6 Å². The third-order valence-corrected chi connectivity index (χ3v) is 4.73. The van der Waals surface area contributed by atoms with E-state index >= 15 is 0 Å². The average Bonchev–Trinajstić information content (AvgIpc) is 2.56. The fourth-order valence-corrected chi connectivity index (χ4v) is 3.73. The highest BCUT2D eigenvalue weighted by Crippen LogP contribution is 2.42. The lowest BCUT2D eigenvalue weighted by atomic mass is 10.0. The van der Waals surface area contributed by atoms with Crippen LogP contribution < -0.4 is 0 Å². The van der Waals surface area contributed by atoms with E-state index in [0.717, 1.165) is 18.1 Å². The minimum Gasteiger partial charge on any atom is -0.373 e. The van der Waals surface area contributed by atoms with Crippen LogP contribution in [0, 0.1) is 0 Å². The summed E-state index contributed by atoms with van der Waals surface area (Å²) >= 11 is 7.92. The van der Waals surface area contributed by atoms with E-state index in [9.17, 15) is 0 Å². The maximum Gasteiger partial charge on any atom is 0.0876 e. The van der Waals surface area contributed by atoms with E-state index in [4.69, 9.17) is 16.3 Å². The Hall–Kier alpha value is -0.960. The Labute approximate surface area is 122 Å². The molecule has 0 saturated heterocycles. The van der Waals surface area contributed by atoms with Gasteiger partial charge in [0.05, 0.1) is 6.10 Å². The molecule has 3 rings (SSSR count). The Balaban J connectivity index is 2.09. The molecule has 98 valence electrons. The number of benzene rings is 2.